The Morgan fingerprint density at radius 2 is 1.58 bits per heavy atom. The second-order valence-electron chi connectivity index (χ2n) is 7.19. The molecule has 0 N–H and O–H groups in total. The number of hydrogen-bond donors (Lipinski definition) is 0. The number of halogens is 2. The number of methoxy groups -OCH3 is 2. The first-order valence-electron chi connectivity index (χ1n) is 9.66. The molecule has 5 nitrogen and oxygen atoms in total. The molecule has 1 amide bonds. The van der Waals surface area contributed by atoms with Crippen molar-refractivity contribution in [3.63, 3.8) is 0 Å². The molecule has 0 saturated carbocycles. The second kappa shape index (κ2) is 8.47. The molecule has 0 bridgehead atoms. The van der Waals surface area contributed by atoms with Gasteiger partial charge in [0.2, 0.25) is 6.10 Å². The van der Waals surface area contributed by atoms with Crippen molar-refractivity contribution in [1.29, 1.82) is 0 Å². The highest BCUT2D eigenvalue weighted by Gasteiger charge is 2.51. The van der Waals surface area contributed by atoms with Crippen molar-refractivity contribution in [1.82, 2.24) is 0 Å². The zero-order valence-corrected chi connectivity index (χ0v) is 18.0. The Labute approximate surface area is 184 Å². The summed E-state index contributed by atoms with van der Waals surface area (Å²) < 4.78 is 30.3. The summed E-state index contributed by atoms with van der Waals surface area (Å²) in [5.41, 5.74) is 2.21. The fourth-order valence-electron chi connectivity index (χ4n) is 3.71. The number of rotatable bonds is 6. The molecule has 3 aromatic rings. The molecule has 0 spiro atoms. The largest absolute Gasteiger partial charge is 0.493 e. The molecule has 4 rings (SSSR count). The summed E-state index contributed by atoms with van der Waals surface area (Å²) in [7, 11) is 3.11. The highest BCUT2D eigenvalue weighted by molar-refractivity contribution is 6.30. The van der Waals surface area contributed by atoms with E-state index in [9.17, 15) is 9.18 Å². The molecule has 1 fully saturated rings. The number of nitrogens with zero attached hydrogens (tertiary/aromatic N) is 1. The van der Waals surface area contributed by atoms with Gasteiger partial charge in [0.15, 0.2) is 11.5 Å². The van der Waals surface area contributed by atoms with Crippen molar-refractivity contribution in [2.24, 2.45) is 0 Å². The van der Waals surface area contributed by atoms with Crippen molar-refractivity contribution in [2.75, 3.05) is 19.1 Å². The number of benzene rings is 3. The molecule has 3 aromatic carbocycles. The van der Waals surface area contributed by atoms with Gasteiger partial charge < -0.3 is 14.2 Å². The van der Waals surface area contributed by atoms with Crippen LogP contribution in [0.4, 0.5) is 10.1 Å². The van der Waals surface area contributed by atoms with Crippen LogP contribution in [0.5, 0.6) is 17.2 Å². The topological polar surface area (TPSA) is 48.0 Å². The minimum Gasteiger partial charge on any atom is -0.493 e. The van der Waals surface area contributed by atoms with E-state index in [1.54, 1.807) is 55.5 Å². The number of carbonyl (C=O) groups is 1. The normalized spacial score (nSPS) is 17.8. The Morgan fingerprint density at radius 3 is 2.23 bits per heavy atom. The summed E-state index contributed by atoms with van der Waals surface area (Å²) in [5, 5.41) is 0.592. The molecule has 1 saturated heterocycles. The lowest BCUT2D eigenvalue weighted by Gasteiger charge is -2.46. The fraction of sp³-hybridized carbons (Fsp3) is 0.208. The lowest BCUT2D eigenvalue weighted by molar-refractivity contribution is -0.135. The molecule has 1 aliphatic heterocycles. The molecule has 7 heteroatoms. The number of hydrogen-bond acceptors (Lipinski definition) is 4. The van der Waals surface area contributed by atoms with E-state index in [1.807, 2.05) is 19.1 Å². The zero-order chi connectivity index (χ0) is 22.1. The molecule has 1 aliphatic rings. The minimum atomic E-state index is -0.761. The molecule has 1 heterocycles. The smallest absolute Gasteiger partial charge is 0.271 e. The Bertz CT molecular complexity index is 1120. The van der Waals surface area contributed by atoms with Crippen molar-refractivity contribution < 1.29 is 23.4 Å². The number of anilines is 1. The van der Waals surface area contributed by atoms with Crippen molar-refractivity contribution in [3.05, 3.63) is 82.6 Å². The van der Waals surface area contributed by atoms with Crippen molar-refractivity contribution in [3.8, 4) is 17.2 Å². The minimum absolute atomic E-state index is 0.222. The average molecular weight is 442 g/mol. The van der Waals surface area contributed by atoms with Gasteiger partial charge in [-0.25, -0.2) is 4.39 Å². The summed E-state index contributed by atoms with van der Waals surface area (Å²) in [6, 6.07) is 16.1. The molecule has 0 aliphatic carbocycles. The van der Waals surface area contributed by atoms with Crippen LogP contribution in [0.2, 0.25) is 5.02 Å². The first-order chi connectivity index (χ1) is 14.9. The molecular weight excluding hydrogens is 421 g/mol. The third-order valence-electron chi connectivity index (χ3n) is 5.29. The van der Waals surface area contributed by atoms with E-state index in [4.69, 9.17) is 25.8 Å². The van der Waals surface area contributed by atoms with E-state index in [0.29, 0.717) is 28.0 Å². The van der Waals surface area contributed by atoms with Gasteiger partial charge in [-0.2, -0.15) is 0 Å². The summed E-state index contributed by atoms with van der Waals surface area (Å²) >= 11 is 6.05. The SMILES string of the molecule is COc1ccc([C@H]2[C@@H](Oc3ccc(Cl)cc3C)C(=O)N2c2ccc(F)cc2)cc1OC. The lowest BCUT2D eigenvalue weighted by Crippen LogP contribution is -2.61. The third-order valence-corrected chi connectivity index (χ3v) is 5.53. The van der Waals surface area contributed by atoms with E-state index in [1.165, 1.54) is 12.1 Å². The maximum atomic E-state index is 13.4. The van der Waals surface area contributed by atoms with E-state index in [-0.39, 0.29) is 11.7 Å². The fourth-order valence-corrected chi connectivity index (χ4v) is 3.94. The molecule has 31 heavy (non-hydrogen) atoms. The first-order valence-corrected chi connectivity index (χ1v) is 10.0. The van der Waals surface area contributed by atoms with Crippen LogP contribution in [0.15, 0.2) is 60.7 Å². The quantitative estimate of drug-likeness (QED) is 0.484. The summed E-state index contributed by atoms with van der Waals surface area (Å²) in [6.45, 7) is 1.87. The summed E-state index contributed by atoms with van der Waals surface area (Å²) in [6.07, 6.45) is -0.761. The van der Waals surface area contributed by atoms with E-state index < -0.39 is 12.1 Å². The van der Waals surface area contributed by atoms with Gasteiger partial charge >= 0.3 is 0 Å². The third kappa shape index (κ3) is 3.91. The Kier molecular flexibility index (Phi) is 5.74. The summed E-state index contributed by atoms with van der Waals surface area (Å²) in [5.74, 6) is 1.10. The Morgan fingerprint density at radius 1 is 0.903 bits per heavy atom. The number of β-lactam (4-membered cyclic amide) rings is 1. The first kappa shape index (κ1) is 21.0. The molecule has 0 unspecified atom stereocenters. The Hall–Kier alpha value is -3.25. The predicted molar refractivity (Wildman–Crippen MR) is 117 cm³/mol. The average Bonchev–Trinajstić information content (AvgIpc) is 2.77. The van der Waals surface area contributed by atoms with Crippen LogP contribution >= 0.6 is 11.6 Å². The van der Waals surface area contributed by atoms with E-state index in [2.05, 4.69) is 0 Å². The van der Waals surface area contributed by atoms with Gasteiger partial charge in [0, 0.05) is 10.7 Å². The van der Waals surface area contributed by atoms with Gasteiger partial charge in [-0.05, 0) is 72.6 Å². The van der Waals surface area contributed by atoms with Gasteiger partial charge in [0.1, 0.15) is 17.6 Å². The summed E-state index contributed by atoms with van der Waals surface area (Å²) in [4.78, 5) is 14.7. The van der Waals surface area contributed by atoms with E-state index >= 15 is 0 Å². The molecule has 160 valence electrons. The van der Waals surface area contributed by atoms with Crippen molar-refractivity contribution in [2.45, 2.75) is 19.1 Å². The lowest BCUT2D eigenvalue weighted by atomic mass is 9.89. The van der Waals surface area contributed by atoms with Crippen LogP contribution in [0.1, 0.15) is 17.2 Å². The highest BCUT2D eigenvalue weighted by atomic mass is 35.5. The number of carbonyl (C=O) groups excluding carboxylic acids is 1. The monoisotopic (exact) mass is 441 g/mol. The predicted octanol–water partition coefficient (Wildman–Crippen LogP) is 5.34. The molecule has 0 radical (unpaired) electrons. The molecular formula is C24H21ClFNO4. The van der Waals surface area contributed by atoms with Crippen LogP contribution < -0.4 is 19.1 Å². The number of aryl methyl sites for hydroxylation is 1. The maximum Gasteiger partial charge on any atom is 0.271 e. The molecule has 2 atom stereocenters. The van der Waals surface area contributed by atoms with Gasteiger partial charge in [0.05, 0.1) is 14.2 Å². The van der Waals surface area contributed by atoms with Gasteiger partial charge in [0.25, 0.3) is 5.91 Å². The van der Waals surface area contributed by atoms with Crippen LogP contribution in [0.3, 0.4) is 0 Å². The van der Waals surface area contributed by atoms with Crippen LogP contribution in [0, 0.1) is 12.7 Å². The maximum absolute atomic E-state index is 13.4. The van der Waals surface area contributed by atoms with E-state index in [0.717, 1.165) is 11.1 Å². The number of amides is 1. The van der Waals surface area contributed by atoms with Crippen LogP contribution in [0.25, 0.3) is 0 Å². The Balaban J connectivity index is 1.73. The van der Waals surface area contributed by atoms with Gasteiger partial charge in [-0.3, -0.25) is 9.69 Å². The second-order valence-corrected chi connectivity index (χ2v) is 7.63. The zero-order valence-electron chi connectivity index (χ0n) is 17.3. The standard InChI is InChI=1S/C24H21ClFNO4/c1-14-12-16(25)5-11-19(14)31-23-22(15-4-10-20(29-2)21(13-15)30-3)27(24(23)28)18-8-6-17(26)7-9-18/h4-13,22-23H,1-3H3/t22-,23+/m0/s1. The molecule has 0 aromatic heterocycles. The number of ether oxygens (including phenoxy) is 3. The van der Waals surface area contributed by atoms with Gasteiger partial charge in [-0.1, -0.05) is 17.7 Å². The van der Waals surface area contributed by atoms with Crippen LogP contribution in [-0.4, -0.2) is 26.2 Å². The van der Waals surface area contributed by atoms with Crippen LogP contribution in [-0.2, 0) is 4.79 Å². The highest BCUT2D eigenvalue weighted by Crippen LogP contribution is 2.43. The van der Waals surface area contributed by atoms with Crippen molar-refractivity contribution >= 4 is 23.2 Å². The van der Waals surface area contributed by atoms with Gasteiger partial charge in [-0.15, -0.1) is 0 Å².